The van der Waals surface area contributed by atoms with Crippen molar-refractivity contribution in [3.8, 4) is 0 Å². The molecule has 2 aliphatic rings. The lowest BCUT2D eigenvalue weighted by Gasteiger charge is -2.36. The molecule has 112 valence electrons. The van der Waals surface area contributed by atoms with Crippen molar-refractivity contribution in [1.29, 1.82) is 0 Å². The van der Waals surface area contributed by atoms with Crippen LogP contribution in [0.5, 0.6) is 0 Å². The highest BCUT2D eigenvalue weighted by Gasteiger charge is 2.37. The standard InChI is InChI=1S/C15H24N2O3/c1-2-12-14(19)16-13(18)10-17(12)15(20)11-8-6-4-3-5-7-9-11/h11-12H,2-10H2,1H3,(H,16,18,19). The molecule has 1 saturated heterocycles. The highest BCUT2D eigenvalue weighted by Crippen LogP contribution is 2.25. The van der Waals surface area contributed by atoms with E-state index in [0.29, 0.717) is 6.42 Å². The van der Waals surface area contributed by atoms with Crippen LogP contribution in [0.4, 0.5) is 0 Å². The fourth-order valence-corrected chi connectivity index (χ4v) is 3.24. The Morgan fingerprint density at radius 2 is 1.75 bits per heavy atom. The number of carbonyl (C=O) groups excluding carboxylic acids is 3. The summed E-state index contributed by atoms with van der Waals surface area (Å²) in [5.74, 6) is -0.702. The molecule has 0 spiro atoms. The lowest BCUT2D eigenvalue weighted by atomic mass is 9.89. The van der Waals surface area contributed by atoms with E-state index in [4.69, 9.17) is 0 Å². The molecular weight excluding hydrogens is 256 g/mol. The zero-order valence-electron chi connectivity index (χ0n) is 12.2. The third-order valence-electron chi connectivity index (χ3n) is 4.38. The highest BCUT2D eigenvalue weighted by atomic mass is 16.2. The van der Waals surface area contributed by atoms with Crippen LogP contribution in [0.25, 0.3) is 0 Å². The lowest BCUT2D eigenvalue weighted by Crippen LogP contribution is -2.60. The summed E-state index contributed by atoms with van der Waals surface area (Å²) < 4.78 is 0. The average Bonchev–Trinajstić information content (AvgIpc) is 2.36. The molecule has 0 bridgehead atoms. The summed E-state index contributed by atoms with van der Waals surface area (Å²) in [6.45, 7) is 1.90. The van der Waals surface area contributed by atoms with E-state index in [0.717, 1.165) is 25.7 Å². The van der Waals surface area contributed by atoms with Crippen molar-refractivity contribution in [3.05, 3.63) is 0 Å². The summed E-state index contributed by atoms with van der Waals surface area (Å²) >= 11 is 0. The quantitative estimate of drug-likeness (QED) is 0.781. The number of hydrogen-bond acceptors (Lipinski definition) is 3. The van der Waals surface area contributed by atoms with Crippen LogP contribution in [0.2, 0.25) is 0 Å². The first-order valence-electron chi connectivity index (χ1n) is 7.77. The number of hydrogen-bond donors (Lipinski definition) is 1. The first-order chi connectivity index (χ1) is 9.63. The molecule has 1 aliphatic carbocycles. The maximum absolute atomic E-state index is 12.7. The van der Waals surface area contributed by atoms with E-state index >= 15 is 0 Å². The Kier molecular flexibility index (Phi) is 5.15. The molecule has 5 nitrogen and oxygen atoms in total. The number of nitrogens with one attached hydrogen (secondary N) is 1. The van der Waals surface area contributed by atoms with Gasteiger partial charge in [0.1, 0.15) is 12.6 Å². The van der Waals surface area contributed by atoms with Gasteiger partial charge in [0.05, 0.1) is 0 Å². The van der Waals surface area contributed by atoms with Gasteiger partial charge < -0.3 is 4.90 Å². The van der Waals surface area contributed by atoms with Gasteiger partial charge >= 0.3 is 0 Å². The zero-order chi connectivity index (χ0) is 14.5. The van der Waals surface area contributed by atoms with E-state index in [1.165, 1.54) is 24.2 Å². The second-order valence-electron chi connectivity index (χ2n) is 5.84. The minimum Gasteiger partial charge on any atom is -0.321 e. The molecule has 0 radical (unpaired) electrons. The molecule has 1 aliphatic heterocycles. The second-order valence-corrected chi connectivity index (χ2v) is 5.84. The maximum Gasteiger partial charge on any atom is 0.249 e. The minimum absolute atomic E-state index is 0.00181. The topological polar surface area (TPSA) is 66.5 Å². The van der Waals surface area contributed by atoms with Crippen LogP contribution in [-0.4, -0.2) is 35.2 Å². The van der Waals surface area contributed by atoms with Crippen molar-refractivity contribution in [3.63, 3.8) is 0 Å². The van der Waals surface area contributed by atoms with Crippen LogP contribution in [0.3, 0.4) is 0 Å². The molecule has 20 heavy (non-hydrogen) atoms. The summed E-state index contributed by atoms with van der Waals surface area (Å²) in [6.07, 6.45) is 8.09. The normalized spacial score (nSPS) is 25.9. The van der Waals surface area contributed by atoms with Gasteiger partial charge in [0, 0.05) is 5.92 Å². The number of rotatable bonds is 2. The maximum atomic E-state index is 12.7. The Morgan fingerprint density at radius 3 is 2.35 bits per heavy atom. The largest absolute Gasteiger partial charge is 0.321 e. The van der Waals surface area contributed by atoms with Crippen LogP contribution in [0.1, 0.15) is 58.3 Å². The van der Waals surface area contributed by atoms with Gasteiger partial charge in [-0.3, -0.25) is 19.7 Å². The molecule has 1 atom stereocenters. The molecule has 2 rings (SSSR count). The Balaban J connectivity index is 2.07. The van der Waals surface area contributed by atoms with E-state index in [1.54, 1.807) is 0 Å². The first-order valence-corrected chi connectivity index (χ1v) is 7.77. The van der Waals surface area contributed by atoms with Gasteiger partial charge in [-0.15, -0.1) is 0 Å². The minimum atomic E-state index is -0.481. The van der Waals surface area contributed by atoms with Gasteiger partial charge in [0.25, 0.3) is 0 Å². The molecule has 1 N–H and O–H groups in total. The fourth-order valence-electron chi connectivity index (χ4n) is 3.24. The molecule has 0 aromatic rings. The van der Waals surface area contributed by atoms with E-state index in [2.05, 4.69) is 5.32 Å². The van der Waals surface area contributed by atoms with Crippen molar-refractivity contribution in [2.75, 3.05) is 6.54 Å². The summed E-state index contributed by atoms with van der Waals surface area (Å²) in [5.41, 5.74) is 0. The van der Waals surface area contributed by atoms with Gasteiger partial charge in [-0.1, -0.05) is 39.0 Å². The van der Waals surface area contributed by atoms with Crippen LogP contribution in [-0.2, 0) is 14.4 Å². The summed E-state index contributed by atoms with van der Waals surface area (Å²) in [6, 6.07) is -0.481. The summed E-state index contributed by atoms with van der Waals surface area (Å²) in [7, 11) is 0. The molecule has 3 amide bonds. The Bertz CT molecular complexity index is 387. The molecule has 0 aromatic carbocycles. The lowest BCUT2D eigenvalue weighted by molar-refractivity contribution is -0.152. The van der Waals surface area contributed by atoms with Gasteiger partial charge in [0.2, 0.25) is 17.7 Å². The van der Waals surface area contributed by atoms with E-state index in [-0.39, 0.29) is 30.2 Å². The predicted octanol–water partition coefficient (Wildman–Crippen LogP) is 1.61. The van der Waals surface area contributed by atoms with E-state index in [1.807, 2.05) is 6.92 Å². The van der Waals surface area contributed by atoms with Crippen LogP contribution in [0, 0.1) is 5.92 Å². The molecule has 2 fully saturated rings. The van der Waals surface area contributed by atoms with E-state index < -0.39 is 6.04 Å². The number of piperazine rings is 1. The second kappa shape index (κ2) is 6.86. The fraction of sp³-hybridized carbons (Fsp3) is 0.800. The third kappa shape index (κ3) is 3.38. The van der Waals surface area contributed by atoms with Crippen LogP contribution >= 0.6 is 0 Å². The number of imide groups is 1. The number of nitrogens with zero attached hydrogens (tertiary/aromatic N) is 1. The molecular formula is C15H24N2O3. The first kappa shape index (κ1) is 15.0. The molecule has 0 aromatic heterocycles. The summed E-state index contributed by atoms with van der Waals surface area (Å²) in [5, 5.41) is 2.32. The Hall–Kier alpha value is -1.39. The third-order valence-corrected chi connectivity index (χ3v) is 4.38. The Labute approximate surface area is 120 Å². The Morgan fingerprint density at radius 1 is 1.15 bits per heavy atom. The highest BCUT2D eigenvalue weighted by molar-refractivity contribution is 6.04. The van der Waals surface area contributed by atoms with Crippen LogP contribution < -0.4 is 5.32 Å². The van der Waals surface area contributed by atoms with E-state index in [9.17, 15) is 14.4 Å². The van der Waals surface area contributed by atoms with Gasteiger partial charge in [0.15, 0.2) is 0 Å². The van der Waals surface area contributed by atoms with Crippen molar-refractivity contribution in [1.82, 2.24) is 10.2 Å². The molecule has 5 heteroatoms. The van der Waals surface area contributed by atoms with Gasteiger partial charge in [-0.2, -0.15) is 0 Å². The molecule has 1 heterocycles. The van der Waals surface area contributed by atoms with Gasteiger partial charge in [-0.05, 0) is 19.3 Å². The van der Waals surface area contributed by atoms with Crippen molar-refractivity contribution < 1.29 is 14.4 Å². The zero-order valence-corrected chi connectivity index (χ0v) is 12.2. The van der Waals surface area contributed by atoms with Crippen molar-refractivity contribution >= 4 is 17.7 Å². The van der Waals surface area contributed by atoms with Gasteiger partial charge in [-0.25, -0.2) is 0 Å². The monoisotopic (exact) mass is 280 g/mol. The molecule has 1 unspecified atom stereocenters. The average molecular weight is 280 g/mol. The number of carbonyl (C=O) groups is 3. The number of amides is 3. The summed E-state index contributed by atoms with van der Waals surface area (Å²) in [4.78, 5) is 37.5. The predicted molar refractivity (Wildman–Crippen MR) is 74.8 cm³/mol. The smallest absolute Gasteiger partial charge is 0.249 e. The van der Waals surface area contributed by atoms with Crippen molar-refractivity contribution in [2.24, 2.45) is 5.92 Å². The molecule has 1 saturated carbocycles. The van der Waals surface area contributed by atoms with Crippen molar-refractivity contribution in [2.45, 2.75) is 64.3 Å². The SMILES string of the molecule is CCC1C(=O)NC(=O)CN1C(=O)C1CCCCCCC1. The van der Waals surface area contributed by atoms with Crippen LogP contribution in [0.15, 0.2) is 0 Å².